The lowest BCUT2D eigenvalue weighted by molar-refractivity contribution is 0.0515. The van der Waals surface area contributed by atoms with E-state index in [0.29, 0.717) is 18.6 Å². The first-order valence-corrected chi connectivity index (χ1v) is 7.41. The van der Waals surface area contributed by atoms with Crippen LogP contribution in [0.5, 0.6) is 0 Å². The quantitative estimate of drug-likeness (QED) is 0.782. The van der Waals surface area contributed by atoms with Crippen LogP contribution < -0.4 is 0 Å². The molecule has 0 unspecified atom stereocenters. The van der Waals surface area contributed by atoms with Crippen molar-refractivity contribution in [2.45, 2.75) is 53.9 Å². The van der Waals surface area contributed by atoms with Crippen LogP contribution in [0.25, 0.3) is 0 Å². The lowest BCUT2D eigenvalue weighted by Crippen LogP contribution is -2.15. The Balaban J connectivity index is 0.000000829. The Kier molecular flexibility index (Phi) is 8.52. The molecule has 1 aliphatic rings. The van der Waals surface area contributed by atoms with Crippen molar-refractivity contribution in [3.8, 4) is 0 Å². The van der Waals surface area contributed by atoms with Crippen molar-refractivity contribution in [2.24, 2.45) is 7.05 Å². The molecule has 2 rings (SSSR count). The molecular formula is C15H26N2O3. The predicted octanol–water partition coefficient (Wildman–Crippen LogP) is 3.17. The van der Waals surface area contributed by atoms with Crippen LogP contribution in [-0.4, -0.2) is 28.1 Å². The maximum atomic E-state index is 11.8. The molecular weight excluding hydrogens is 256 g/mol. The van der Waals surface area contributed by atoms with E-state index in [-0.39, 0.29) is 11.5 Å². The predicted molar refractivity (Wildman–Crippen MR) is 79.1 cm³/mol. The Morgan fingerprint density at radius 3 is 2.40 bits per heavy atom. The smallest absolute Gasteiger partial charge is 0.359 e. The van der Waals surface area contributed by atoms with Crippen molar-refractivity contribution < 1.29 is 14.3 Å². The molecule has 0 radical (unpaired) electrons. The molecule has 0 atom stereocenters. The SMILES string of the molecule is CC.CC.CCOC(=O)c1nn(C)c2c1C(=O)CCC2. The number of carbonyl (C=O) groups excluding carboxylic acids is 2. The number of hydrogen-bond donors (Lipinski definition) is 0. The van der Waals surface area contributed by atoms with E-state index < -0.39 is 5.97 Å². The molecule has 1 heterocycles. The molecule has 1 aromatic rings. The molecule has 0 fully saturated rings. The van der Waals surface area contributed by atoms with E-state index in [1.165, 1.54) is 0 Å². The number of hydrogen-bond acceptors (Lipinski definition) is 4. The number of esters is 1. The van der Waals surface area contributed by atoms with Gasteiger partial charge in [-0.2, -0.15) is 5.10 Å². The largest absolute Gasteiger partial charge is 0.461 e. The minimum absolute atomic E-state index is 0.00240. The monoisotopic (exact) mass is 282 g/mol. The van der Waals surface area contributed by atoms with Gasteiger partial charge < -0.3 is 4.74 Å². The molecule has 20 heavy (non-hydrogen) atoms. The molecule has 0 amide bonds. The van der Waals surface area contributed by atoms with Crippen molar-refractivity contribution in [1.82, 2.24) is 9.78 Å². The Labute approximate surface area is 121 Å². The fourth-order valence-corrected chi connectivity index (χ4v) is 2.02. The molecule has 0 N–H and O–H groups in total. The van der Waals surface area contributed by atoms with Gasteiger partial charge in [0, 0.05) is 19.2 Å². The van der Waals surface area contributed by atoms with E-state index in [1.807, 2.05) is 27.7 Å². The van der Waals surface area contributed by atoms with Gasteiger partial charge in [-0.15, -0.1) is 0 Å². The van der Waals surface area contributed by atoms with Gasteiger partial charge in [0.15, 0.2) is 11.5 Å². The van der Waals surface area contributed by atoms with E-state index in [4.69, 9.17) is 4.74 Å². The van der Waals surface area contributed by atoms with E-state index in [2.05, 4.69) is 5.10 Å². The number of rotatable bonds is 2. The minimum atomic E-state index is -0.505. The fourth-order valence-electron chi connectivity index (χ4n) is 2.02. The van der Waals surface area contributed by atoms with Crippen molar-refractivity contribution in [2.75, 3.05) is 6.61 Å². The number of ether oxygens (including phenoxy) is 1. The lowest BCUT2D eigenvalue weighted by atomic mass is 9.94. The molecule has 1 aliphatic carbocycles. The summed E-state index contributed by atoms with van der Waals surface area (Å²) >= 11 is 0. The standard InChI is InChI=1S/C11H14N2O3.2C2H6/c1-3-16-11(15)10-9-7(13(2)12-10)5-4-6-8(9)14;2*1-2/h3-6H2,1-2H3;2*1-2H3. The number of ketones is 1. The highest BCUT2D eigenvalue weighted by Gasteiger charge is 2.29. The average molecular weight is 282 g/mol. The summed E-state index contributed by atoms with van der Waals surface area (Å²) in [5, 5.41) is 4.08. The maximum Gasteiger partial charge on any atom is 0.359 e. The van der Waals surface area contributed by atoms with Crippen molar-refractivity contribution in [3.63, 3.8) is 0 Å². The number of nitrogens with zero attached hydrogens (tertiary/aromatic N) is 2. The van der Waals surface area contributed by atoms with Crippen molar-refractivity contribution >= 4 is 11.8 Å². The van der Waals surface area contributed by atoms with Gasteiger partial charge in [-0.25, -0.2) is 4.79 Å². The Bertz CT molecular complexity index is 450. The highest BCUT2D eigenvalue weighted by Crippen LogP contribution is 2.24. The Morgan fingerprint density at radius 2 is 1.85 bits per heavy atom. The Morgan fingerprint density at radius 1 is 1.25 bits per heavy atom. The van der Waals surface area contributed by atoms with Gasteiger partial charge in [0.1, 0.15) is 0 Å². The molecule has 0 saturated heterocycles. The molecule has 0 spiro atoms. The summed E-state index contributed by atoms with van der Waals surface area (Å²) in [6.45, 7) is 10.0. The summed E-state index contributed by atoms with van der Waals surface area (Å²) < 4.78 is 6.50. The van der Waals surface area contributed by atoms with Crippen LogP contribution in [0.2, 0.25) is 0 Å². The zero-order valence-corrected chi connectivity index (χ0v) is 13.4. The third-order valence-electron chi connectivity index (χ3n) is 2.73. The van der Waals surface area contributed by atoms with E-state index >= 15 is 0 Å². The first-order chi connectivity index (χ1) is 9.65. The van der Waals surface area contributed by atoms with Crippen LogP contribution in [0.4, 0.5) is 0 Å². The zero-order valence-electron chi connectivity index (χ0n) is 13.4. The van der Waals surface area contributed by atoms with Gasteiger partial charge in [0.2, 0.25) is 0 Å². The molecule has 1 aromatic heterocycles. The normalized spacial score (nSPS) is 12.4. The number of fused-ring (bicyclic) bond motifs is 1. The second kappa shape index (κ2) is 9.28. The number of aryl methyl sites for hydroxylation is 1. The molecule has 0 aromatic carbocycles. The van der Waals surface area contributed by atoms with Crippen molar-refractivity contribution in [3.05, 3.63) is 17.0 Å². The summed E-state index contributed by atoms with van der Waals surface area (Å²) in [5.74, 6) is -0.507. The summed E-state index contributed by atoms with van der Waals surface area (Å²) in [6.07, 6.45) is 2.11. The Hall–Kier alpha value is -1.65. The number of Topliss-reactive ketones (excluding diaryl/α,β-unsaturated/α-hetero) is 1. The molecule has 0 bridgehead atoms. The summed E-state index contributed by atoms with van der Waals surface area (Å²) in [7, 11) is 1.75. The number of aromatic nitrogens is 2. The average Bonchev–Trinajstić information content (AvgIpc) is 2.83. The zero-order chi connectivity index (χ0) is 15.7. The molecule has 5 nitrogen and oxygen atoms in total. The second-order valence-electron chi connectivity index (χ2n) is 3.79. The van der Waals surface area contributed by atoms with E-state index in [1.54, 1.807) is 18.7 Å². The van der Waals surface area contributed by atoms with Gasteiger partial charge in [-0.1, -0.05) is 27.7 Å². The van der Waals surface area contributed by atoms with Crippen LogP contribution in [0.15, 0.2) is 0 Å². The second-order valence-corrected chi connectivity index (χ2v) is 3.79. The summed E-state index contributed by atoms with van der Waals surface area (Å²) in [4.78, 5) is 23.4. The third kappa shape index (κ3) is 3.92. The summed E-state index contributed by atoms with van der Waals surface area (Å²) in [5.41, 5.74) is 1.48. The topological polar surface area (TPSA) is 61.2 Å². The van der Waals surface area contributed by atoms with Crippen molar-refractivity contribution in [1.29, 1.82) is 0 Å². The van der Waals surface area contributed by atoms with E-state index in [9.17, 15) is 9.59 Å². The highest BCUT2D eigenvalue weighted by atomic mass is 16.5. The molecule has 0 aliphatic heterocycles. The number of carbonyl (C=O) groups is 2. The molecule has 5 heteroatoms. The lowest BCUT2D eigenvalue weighted by Gasteiger charge is -2.11. The van der Waals surface area contributed by atoms with Gasteiger partial charge >= 0.3 is 5.97 Å². The highest BCUT2D eigenvalue weighted by molar-refractivity contribution is 6.06. The van der Waals surface area contributed by atoms with Crippen LogP contribution >= 0.6 is 0 Å². The van der Waals surface area contributed by atoms with Crippen LogP contribution in [0, 0.1) is 0 Å². The maximum absolute atomic E-state index is 11.8. The third-order valence-corrected chi connectivity index (χ3v) is 2.73. The molecule has 0 saturated carbocycles. The van der Waals surface area contributed by atoms with E-state index in [0.717, 1.165) is 18.5 Å². The van der Waals surface area contributed by atoms with Crippen LogP contribution in [0.3, 0.4) is 0 Å². The minimum Gasteiger partial charge on any atom is -0.461 e. The van der Waals surface area contributed by atoms with Crippen LogP contribution in [-0.2, 0) is 18.2 Å². The van der Waals surface area contributed by atoms with Gasteiger partial charge in [0.25, 0.3) is 0 Å². The van der Waals surface area contributed by atoms with Crippen LogP contribution in [0.1, 0.15) is 74.0 Å². The molecule has 114 valence electrons. The van der Waals surface area contributed by atoms with Gasteiger partial charge in [-0.05, 0) is 19.8 Å². The first-order valence-electron chi connectivity index (χ1n) is 7.41. The van der Waals surface area contributed by atoms with Gasteiger partial charge in [-0.3, -0.25) is 9.48 Å². The fraction of sp³-hybridized carbons (Fsp3) is 0.667. The van der Waals surface area contributed by atoms with Gasteiger partial charge in [0.05, 0.1) is 12.2 Å². The first kappa shape index (κ1) is 18.4. The summed E-state index contributed by atoms with van der Waals surface area (Å²) in [6, 6.07) is 0.